The molecule has 0 aromatic rings. The third kappa shape index (κ3) is 5.28. The van der Waals surface area contributed by atoms with Crippen molar-refractivity contribution < 1.29 is 22.7 Å². The number of esters is 1. The molecule has 1 heterocycles. The number of piperazine rings is 1. The lowest BCUT2D eigenvalue weighted by Gasteiger charge is -2.34. The minimum Gasteiger partial charge on any atom is -0.469 e. The van der Waals surface area contributed by atoms with Crippen LogP contribution in [0.4, 0.5) is 0 Å². The van der Waals surface area contributed by atoms with E-state index in [0.29, 0.717) is 26.2 Å². The maximum atomic E-state index is 12.1. The third-order valence-corrected chi connectivity index (χ3v) is 5.40. The van der Waals surface area contributed by atoms with Gasteiger partial charge in [0.1, 0.15) is 0 Å². The number of ether oxygens (including phenoxy) is 1. The minimum absolute atomic E-state index is 0.0535. The van der Waals surface area contributed by atoms with Crippen LogP contribution < -0.4 is 0 Å². The number of hydrogen-bond acceptors (Lipinski definition) is 5. The highest BCUT2D eigenvalue weighted by Gasteiger charge is 2.29. The summed E-state index contributed by atoms with van der Waals surface area (Å²) in [5, 5.41) is 0. The van der Waals surface area contributed by atoms with Crippen molar-refractivity contribution in [2.45, 2.75) is 26.7 Å². The Kier molecular flexibility index (Phi) is 6.60. The molecule has 0 atom stereocenters. The van der Waals surface area contributed by atoms with Crippen LogP contribution in [-0.4, -0.2) is 68.5 Å². The SMILES string of the molecule is COC(=O)CCCS(=O)(=O)N1CCN(C(=O)C(C)C)CC1. The van der Waals surface area contributed by atoms with Crippen LogP contribution in [0.2, 0.25) is 0 Å². The minimum atomic E-state index is -3.37. The quantitative estimate of drug-likeness (QED) is 0.647. The molecule has 1 amide bonds. The monoisotopic (exact) mass is 320 g/mol. The van der Waals surface area contributed by atoms with E-state index in [-0.39, 0.29) is 30.4 Å². The number of rotatable bonds is 6. The van der Waals surface area contributed by atoms with Crippen molar-refractivity contribution in [2.24, 2.45) is 5.92 Å². The maximum absolute atomic E-state index is 12.1. The van der Waals surface area contributed by atoms with E-state index in [1.165, 1.54) is 11.4 Å². The van der Waals surface area contributed by atoms with E-state index in [1.54, 1.807) is 4.90 Å². The molecule has 0 bridgehead atoms. The third-order valence-electron chi connectivity index (χ3n) is 3.45. The number of hydrogen-bond donors (Lipinski definition) is 0. The van der Waals surface area contributed by atoms with Gasteiger partial charge in [0.25, 0.3) is 0 Å². The van der Waals surface area contributed by atoms with Crippen molar-refractivity contribution in [1.29, 1.82) is 0 Å². The van der Waals surface area contributed by atoms with Crippen LogP contribution in [0.1, 0.15) is 26.7 Å². The number of sulfonamides is 1. The van der Waals surface area contributed by atoms with Crippen molar-refractivity contribution in [2.75, 3.05) is 39.0 Å². The second-order valence-corrected chi connectivity index (χ2v) is 7.46. The number of nitrogens with zero attached hydrogens (tertiary/aromatic N) is 2. The Morgan fingerprint density at radius 2 is 1.71 bits per heavy atom. The van der Waals surface area contributed by atoms with Gasteiger partial charge in [-0.25, -0.2) is 8.42 Å². The summed E-state index contributed by atoms with van der Waals surface area (Å²) in [6.45, 7) is 5.15. The topological polar surface area (TPSA) is 84.0 Å². The zero-order valence-corrected chi connectivity index (χ0v) is 13.7. The highest BCUT2D eigenvalue weighted by atomic mass is 32.2. The van der Waals surface area contributed by atoms with Gasteiger partial charge < -0.3 is 9.64 Å². The predicted molar refractivity (Wildman–Crippen MR) is 78.0 cm³/mol. The summed E-state index contributed by atoms with van der Waals surface area (Å²) in [7, 11) is -2.09. The fraction of sp³-hybridized carbons (Fsp3) is 0.846. The number of methoxy groups -OCH3 is 1. The van der Waals surface area contributed by atoms with Crippen LogP contribution in [0, 0.1) is 5.92 Å². The van der Waals surface area contributed by atoms with E-state index < -0.39 is 16.0 Å². The summed E-state index contributed by atoms with van der Waals surface area (Å²) in [5.74, 6) is -0.497. The zero-order chi connectivity index (χ0) is 16.0. The summed E-state index contributed by atoms with van der Waals surface area (Å²) < 4.78 is 30.2. The van der Waals surface area contributed by atoms with Gasteiger partial charge in [0.15, 0.2) is 0 Å². The maximum Gasteiger partial charge on any atom is 0.305 e. The van der Waals surface area contributed by atoms with Gasteiger partial charge in [0, 0.05) is 38.5 Å². The van der Waals surface area contributed by atoms with Crippen molar-refractivity contribution in [3.63, 3.8) is 0 Å². The molecule has 1 fully saturated rings. The molecule has 0 unspecified atom stereocenters. The fourth-order valence-electron chi connectivity index (χ4n) is 2.18. The molecule has 0 spiro atoms. The largest absolute Gasteiger partial charge is 0.469 e. The molecule has 8 heteroatoms. The van der Waals surface area contributed by atoms with E-state index in [1.807, 2.05) is 13.8 Å². The molecule has 0 aliphatic carbocycles. The van der Waals surface area contributed by atoms with Crippen LogP contribution >= 0.6 is 0 Å². The van der Waals surface area contributed by atoms with Crippen molar-refractivity contribution in [3.05, 3.63) is 0 Å². The Hall–Kier alpha value is -1.15. The van der Waals surface area contributed by atoms with Crippen molar-refractivity contribution in [3.8, 4) is 0 Å². The van der Waals surface area contributed by atoms with Gasteiger partial charge in [-0.15, -0.1) is 0 Å². The molecule has 1 aliphatic heterocycles. The first-order valence-electron chi connectivity index (χ1n) is 7.11. The summed E-state index contributed by atoms with van der Waals surface area (Å²) in [5.41, 5.74) is 0. The van der Waals surface area contributed by atoms with E-state index in [2.05, 4.69) is 4.74 Å². The molecule has 7 nitrogen and oxygen atoms in total. The molecule has 122 valence electrons. The van der Waals surface area contributed by atoms with Gasteiger partial charge in [-0.05, 0) is 6.42 Å². The smallest absolute Gasteiger partial charge is 0.305 e. The average Bonchev–Trinajstić information content (AvgIpc) is 2.46. The summed E-state index contributed by atoms with van der Waals surface area (Å²) >= 11 is 0. The van der Waals surface area contributed by atoms with E-state index in [9.17, 15) is 18.0 Å². The number of amides is 1. The Bertz CT molecular complexity index is 467. The second-order valence-electron chi connectivity index (χ2n) is 5.37. The molecular weight excluding hydrogens is 296 g/mol. The molecular formula is C13H24N2O5S. The number of carbonyl (C=O) groups is 2. The summed E-state index contributed by atoms with van der Waals surface area (Å²) in [6.07, 6.45) is 0.349. The molecule has 0 aromatic carbocycles. The van der Waals surface area contributed by atoms with Gasteiger partial charge >= 0.3 is 5.97 Å². The molecule has 0 aromatic heterocycles. The highest BCUT2D eigenvalue weighted by molar-refractivity contribution is 7.89. The first kappa shape index (κ1) is 17.9. The van der Waals surface area contributed by atoms with Crippen LogP contribution in [0.15, 0.2) is 0 Å². The summed E-state index contributed by atoms with van der Waals surface area (Å²) in [4.78, 5) is 24.5. The van der Waals surface area contributed by atoms with Crippen LogP contribution in [0.25, 0.3) is 0 Å². The van der Waals surface area contributed by atoms with Crippen LogP contribution in [0.5, 0.6) is 0 Å². The molecule has 0 radical (unpaired) electrons. The Morgan fingerprint density at radius 1 is 1.14 bits per heavy atom. The first-order chi connectivity index (χ1) is 9.77. The summed E-state index contributed by atoms with van der Waals surface area (Å²) in [6, 6.07) is 0. The van der Waals surface area contributed by atoms with Crippen molar-refractivity contribution >= 4 is 21.9 Å². The van der Waals surface area contributed by atoms with E-state index in [4.69, 9.17) is 0 Å². The zero-order valence-electron chi connectivity index (χ0n) is 12.9. The normalized spacial score (nSPS) is 17.0. The Balaban J connectivity index is 2.45. The average molecular weight is 320 g/mol. The fourth-order valence-corrected chi connectivity index (χ4v) is 3.67. The van der Waals surface area contributed by atoms with Gasteiger partial charge in [0.2, 0.25) is 15.9 Å². The molecule has 0 saturated carbocycles. The molecule has 1 saturated heterocycles. The van der Waals surface area contributed by atoms with Gasteiger partial charge in [-0.2, -0.15) is 4.31 Å². The Labute approximate surface area is 126 Å². The standard InChI is InChI=1S/C13H24N2O5S/c1-11(2)13(17)14-6-8-15(9-7-14)21(18,19)10-4-5-12(16)20-3/h11H,4-10H2,1-3H3. The first-order valence-corrected chi connectivity index (χ1v) is 8.72. The lowest BCUT2D eigenvalue weighted by molar-refractivity contribution is -0.140. The Morgan fingerprint density at radius 3 is 2.19 bits per heavy atom. The van der Waals surface area contributed by atoms with Gasteiger partial charge in [0.05, 0.1) is 12.9 Å². The lowest BCUT2D eigenvalue weighted by atomic mass is 10.2. The van der Waals surface area contributed by atoms with Gasteiger partial charge in [-0.1, -0.05) is 13.8 Å². The van der Waals surface area contributed by atoms with E-state index >= 15 is 0 Å². The molecule has 1 aliphatic rings. The lowest BCUT2D eigenvalue weighted by Crippen LogP contribution is -2.51. The molecule has 1 rings (SSSR count). The highest BCUT2D eigenvalue weighted by Crippen LogP contribution is 2.12. The second kappa shape index (κ2) is 7.74. The predicted octanol–water partition coefficient (Wildman–Crippen LogP) is 0.0696. The van der Waals surface area contributed by atoms with Gasteiger partial charge in [-0.3, -0.25) is 9.59 Å². The van der Waals surface area contributed by atoms with Crippen molar-refractivity contribution in [1.82, 2.24) is 9.21 Å². The van der Waals surface area contributed by atoms with Crippen LogP contribution in [-0.2, 0) is 24.3 Å². The van der Waals surface area contributed by atoms with E-state index in [0.717, 1.165) is 0 Å². The van der Waals surface area contributed by atoms with Crippen LogP contribution in [0.3, 0.4) is 0 Å². The molecule has 0 N–H and O–H groups in total. The molecule has 21 heavy (non-hydrogen) atoms. The number of carbonyl (C=O) groups excluding carboxylic acids is 2.